The van der Waals surface area contributed by atoms with Crippen LogP contribution in [-0.2, 0) is 11.2 Å². The normalized spacial score (nSPS) is 9.06. The van der Waals surface area contributed by atoms with E-state index in [1.807, 2.05) is 24.3 Å². The summed E-state index contributed by atoms with van der Waals surface area (Å²) in [5, 5.41) is 2.72. The fraction of sp³-hybridized carbons (Fsp3) is 0.308. The summed E-state index contributed by atoms with van der Waals surface area (Å²) in [6, 6.07) is 7.58. The zero-order chi connectivity index (χ0) is 11.8. The van der Waals surface area contributed by atoms with Gasteiger partial charge in [-0.3, -0.25) is 4.79 Å². The number of nitrogen functional groups attached to an aromatic ring is 1. The van der Waals surface area contributed by atoms with Crippen LogP contribution in [0.15, 0.2) is 24.3 Å². The third kappa shape index (κ3) is 4.52. The molecule has 0 aliphatic carbocycles. The van der Waals surface area contributed by atoms with Gasteiger partial charge in [0.2, 0.25) is 5.91 Å². The molecule has 0 saturated heterocycles. The molecular formula is C13H16N2O. The van der Waals surface area contributed by atoms with E-state index in [9.17, 15) is 4.79 Å². The number of aryl methyl sites for hydroxylation is 1. The fourth-order valence-corrected chi connectivity index (χ4v) is 1.33. The first kappa shape index (κ1) is 12.1. The van der Waals surface area contributed by atoms with Gasteiger partial charge < -0.3 is 11.1 Å². The van der Waals surface area contributed by atoms with Crippen molar-refractivity contribution < 1.29 is 4.79 Å². The van der Waals surface area contributed by atoms with Crippen LogP contribution < -0.4 is 11.1 Å². The van der Waals surface area contributed by atoms with E-state index in [-0.39, 0.29) is 5.91 Å². The predicted molar refractivity (Wildman–Crippen MR) is 65.6 cm³/mol. The summed E-state index contributed by atoms with van der Waals surface area (Å²) in [5.41, 5.74) is 7.46. The zero-order valence-corrected chi connectivity index (χ0v) is 9.42. The van der Waals surface area contributed by atoms with Crippen molar-refractivity contribution >= 4 is 11.6 Å². The van der Waals surface area contributed by atoms with Crippen LogP contribution in [0, 0.1) is 11.8 Å². The Balaban J connectivity index is 2.33. The maximum absolute atomic E-state index is 11.4. The number of benzene rings is 1. The summed E-state index contributed by atoms with van der Waals surface area (Å²) in [4.78, 5) is 11.4. The molecule has 0 spiro atoms. The second-order valence-electron chi connectivity index (χ2n) is 3.45. The first-order valence-electron chi connectivity index (χ1n) is 5.23. The Morgan fingerprint density at radius 2 is 2.31 bits per heavy atom. The molecule has 16 heavy (non-hydrogen) atoms. The molecule has 1 rings (SSSR count). The molecule has 0 fully saturated rings. The number of amides is 1. The molecular weight excluding hydrogens is 200 g/mol. The van der Waals surface area contributed by atoms with E-state index in [2.05, 4.69) is 17.2 Å². The van der Waals surface area contributed by atoms with Crippen molar-refractivity contribution in [3.05, 3.63) is 29.8 Å². The molecule has 0 aromatic heterocycles. The molecule has 1 amide bonds. The predicted octanol–water partition coefficient (Wildman–Crippen LogP) is 1.34. The Bertz CT molecular complexity index is 415. The number of carbonyl (C=O) groups excluding carboxylic acids is 1. The van der Waals surface area contributed by atoms with Crippen molar-refractivity contribution in [1.82, 2.24) is 5.32 Å². The summed E-state index contributed by atoms with van der Waals surface area (Å²) in [6.45, 7) is 2.17. The molecule has 84 valence electrons. The average Bonchev–Trinajstić information content (AvgIpc) is 2.27. The molecule has 0 aliphatic heterocycles. The second-order valence-corrected chi connectivity index (χ2v) is 3.45. The Morgan fingerprint density at radius 1 is 1.50 bits per heavy atom. The zero-order valence-electron chi connectivity index (χ0n) is 9.42. The smallest absolute Gasteiger partial charge is 0.221 e. The third-order valence-corrected chi connectivity index (χ3v) is 2.14. The lowest BCUT2D eigenvalue weighted by molar-refractivity contribution is -0.120. The van der Waals surface area contributed by atoms with Gasteiger partial charge in [-0.15, -0.1) is 5.92 Å². The van der Waals surface area contributed by atoms with Gasteiger partial charge in [0.25, 0.3) is 0 Å². The molecule has 0 saturated carbocycles. The van der Waals surface area contributed by atoms with Crippen LogP contribution in [0.1, 0.15) is 18.9 Å². The van der Waals surface area contributed by atoms with Crippen LogP contribution in [0.25, 0.3) is 0 Å². The van der Waals surface area contributed by atoms with E-state index in [0.29, 0.717) is 19.4 Å². The summed E-state index contributed by atoms with van der Waals surface area (Å²) >= 11 is 0. The van der Waals surface area contributed by atoms with E-state index in [0.717, 1.165) is 11.3 Å². The fourth-order valence-electron chi connectivity index (χ4n) is 1.33. The van der Waals surface area contributed by atoms with Gasteiger partial charge in [0.05, 0.1) is 6.54 Å². The Morgan fingerprint density at radius 3 is 3.00 bits per heavy atom. The molecule has 0 radical (unpaired) electrons. The van der Waals surface area contributed by atoms with Crippen molar-refractivity contribution in [1.29, 1.82) is 0 Å². The molecule has 1 aromatic rings. The Hall–Kier alpha value is -1.95. The second kappa shape index (κ2) is 6.52. The van der Waals surface area contributed by atoms with E-state index >= 15 is 0 Å². The van der Waals surface area contributed by atoms with Gasteiger partial charge in [0, 0.05) is 12.1 Å². The SMILES string of the molecule is CC#CCNC(=O)CCc1cccc(N)c1. The van der Waals surface area contributed by atoms with Gasteiger partial charge in [-0.1, -0.05) is 18.1 Å². The minimum atomic E-state index is 0.0187. The molecule has 3 N–H and O–H groups in total. The highest BCUT2D eigenvalue weighted by Crippen LogP contribution is 2.08. The van der Waals surface area contributed by atoms with Crippen LogP contribution in [-0.4, -0.2) is 12.5 Å². The molecule has 3 heteroatoms. The van der Waals surface area contributed by atoms with Crippen LogP contribution >= 0.6 is 0 Å². The third-order valence-electron chi connectivity index (χ3n) is 2.14. The minimum Gasteiger partial charge on any atom is -0.399 e. The molecule has 3 nitrogen and oxygen atoms in total. The highest BCUT2D eigenvalue weighted by Gasteiger charge is 2.00. The topological polar surface area (TPSA) is 55.1 Å². The lowest BCUT2D eigenvalue weighted by atomic mass is 10.1. The van der Waals surface area contributed by atoms with Crippen LogP contribution in [0.3, 0.4) is 0 Å². The van der Waals surface area contributed by atoms with E-state index in [1.165, 1.54) is 0 Å². The molecule has 0 atom stereocenters. The number of anilines is 1. The van der Waals surface area contributed by atoms with Crippen molar-refractivity contribution in [2.45, 2.75) is 19.8 Å². The molecule has 1 aromatic carbocycles. The van der Waals surface area contributed by atoms with Crippen molar-refractivity contribution in [2.24, 2.45) is 0 Å². The van der Waals surface area contributed by atoms with E-state index < -0.39 is 0 Å². The lowest BCUT2D eigenvalue weighted by Gasteiger charge is -2.02. The summed E-state index contributed by atoms with van der Waals surface area (Å²) < 4.78 is 0. The van der Waals surface area contributed by atoms with Gasteiger partial charge in [0.15, 0.2) is 0 Å². The van der Waals surface area contributed by atoms with Crippen LogP contribution in [0.4, 0.5) is 5.69 Å². The standard InChI is InChI=1S/C13H16N2O/c1-2-3-9-15-13(16)8-7-11-5-4-6-12(14)10-11/h4-6,10H,7-9,14H2,1H3,(H,15,16). The number of hydrogen-bond acceptors (Lipinski definition) is 2. The van der Waals surface area contributed by atoms with Crippen molar-refractivity contribution in [2.75, 3.05) is 12.3 Å². The maximum atomic E-state index is 11.4. The monoisotopic (exact) mass is 216 g/mol. The van der Waals surface area contributed by atoms with Gasteiger partial charge in [-0.25, -0.2) is 0 Å². The average molecular weight is 216 g/mol. The number of nitrogens with two attached hydrogens (primary N) is 1. The quantitative estimate of drug-likeness (QED) is 0.589. The summed E-state index contributed by atoms with van der Waals surface area (Å²) in [6.07, 6.45) is 1.17. The van der Waals surface area contributed by atoms with Crippen molar-refractivity contribution in [3.8, 4) is 11.8 Å². The largest absolute Gasteiger partial charge is 0.399 e. The maximum Gasteiger partial charge on any atom is 0.221 e. The first-order valence-corrected chi connectivity index (χ1v) is 5.23. The van der Waals surface area contributed by atoms with Gasteiger partial charge in [-0.05, 0) is 31.0 Å². The number of nitrogens with one attached hydrogen (secondary N) is 1. The summed E-state index contributed by atoms with van der Waals surface area (Å²) in [7, 11) is 0. The first-order chi connectivity index (χ1) is 7.72. The lowest BCUT2D eigenvalue weighted by Crippen LogP contribution is -2.23. The van der Waals surface area contributed by atoms with Crippen LogP contribution in [0.2, 0.25) is 0 Å². The number of carbonyl (C=O) groups is 1. The molecule has 0 unspecified atom stereocenters. The molecule has 0 aliphatic rings. The highest BCUT2D eigenvalue weighted by atomic mass is 16.1. The van der Waals surface area contributed by atoms with Gasteiger partial charge in [0.1, 0.15) is 0 Å². The highest BCUT2D eigenvalue weighted by molar-refractivity contribution is 5.76. The van der Waals surface area contributed by atoms with E-state index in [1.54, 1.807) is 6.92 Å². The van der Waals surface area contributed by atoms with Gasteiger partial charge >= 0.3 is 0 Å². The molecule has 0 bridgehead atoms. The van der Waals surface area contributed by atoms with Crippen LogP contribution in [0.5, 0.6) is 0 Å². The number of rotatable bonds is 4. The Kier molecular flexibility index (Phi) is 4.94. The van der Waals surface area contributed by atoms with Gasteiger partial charge in [-0.2, -0.15) is 0 Å². The molecule has 0 heterocycles. The van der Waals surface area contributed by atoms with Crippen molar-refractivity contribution in [3.63, 3.8) is 0 Å². The Labute approximate surface area is 96.0 Å². The summed E-state index contributed by atoms with van der Waals surface area (Å²) in [5.74, 6) is 5.53. The minimum absolute atomic E-state index is 0.0187. The van der Waals surface area contributed by atoms with E-state index in [4.69, 9.17) is 5.73 Å². The number of hydrogen-bond donors (Lipinski definition) is 2.